The van der Waals surface area contributed by atoms with Gasteiger partial charge in [-0.05, 0) is 51.1 Å². The van der Waals surface area contributed by atoms with Gasteiger partial charge in [-0.25, -0.2) is 13.8 Å². The summed E-state index contributed by atoms with van der Waals surface area (Å²) in [6.45, 7) is 4.55. The Bertz CT molecular complexity index is 1470. The molecule has 3 amide bonds. The number of hydrogen-bond acceptors (Lipinski definition) is 6. The number of rotatable bonds is 6. The van der Waals surface area contributed by atoms with E-state index in [4.69, 9.17) is 16.3 Å². The van der Waals surface area contributed by atoms with Gasteiger partial charge in [-0.3, -0.25) is 14.4 Å². The highest BCUT2D eigenvalue weighted by atomic mass is 35.5. The van der Waals surface area contributed by atoms with Crippen molar-refractivity contribution in [1.29, 1.82) is 0 Å². The van der Waals surface area contributed by atoms with Crippen LogP contribution in [0.25, 0.3) is 5.57 Å². The lowest BCUT2D eigenvalue weighted by Crippen LogP contribution is -2.52. The molecular formula is C30H35ClF2N6O4. The van der Waals surface area contributed by atoms with Gasteiger partial charge < -0.3 is 29.7 Å². The molecule has 0 saturated carbocycles. The Morgan fingerprint density at radius 2 is 1.81 bits per heavy atom. The van der Waals surface area contributed by atoms with Crippen LogP contribution >= 0.6 is 11.6 Å². The van der Waals surface area contributed by atoms with Gasteiger partial charge in [0.25, 0.3) is 11.8 Å². The van der Waals surface area contributed by atoms with Crippen LogP contribution < -0.4 is 10.6 Å². The molecule has 10 nitrogen and oxygen atoms in total. The summed E-state index contributed by atoms with van der Waals surface area (Å²) >= 11 is 6.47. The predicted molar refractivity (Wildman–Crippen MR) is 158 cm³/mol. The minimum atomic E-state index is -2.38. The van der Waals surface area contributed by atoms with Crippen molar-refractivity contribution in [3.8, 4) is 0 Å². The first-order chi connectivity index (χ1) is 20.5. The maximum atomic E-state index is 15.1. The van der Waals surface area contributed by atoms with Crippen LogP contribution in [0, 0.1) is 5.92 Å². The van der Waals surface area contributed by atoms with Gasteiger partial charge in [-0.2, -0.15) is 0 Å². The zero-order valence-corrected chi connectivity index (χ0v) is 25.1. The minimum Gasteiger partial charge on any atom is -0.374 e. The summed E-state index contributed by atoms with van der Waals surface area (Å²) in [4.78, 5) is 46.7. The van der Waals surface area contributed by atoms with Gasteiger partial charge in [0.15, 0.2) is 11.5 Å². The lowest BCUT2D eigenvalue weighted by atomic mass is 9.89. The Balaban J connectivity index is 1.22. The number of nitrogens with zero attached hydrogens (tertiary/aromatic N) is 4. The van der Waals surface area contributed by atoms with Crippen LogP contribution in [-0.2, 0) is 16.6 Å². The molecule has 13 heteroatoms. The van der Waals surface area contributed by atoms with Crippen LogP contribution in [0.1, 0.15) is 46.4 Å². The van der Waals surface area contributed by atoms with Crippen molar-refractivity contribution in [2.45, 2.75) is 31.5 Å². The first kappa shape index (κ1) is 30.8. The zero-order valence-electron chi connectivity index (χ0n) is 24.3. The van der Waals surface area contributed by atoms with E-state index >= 15 is 8.78 Å². The first-order valence-electron chi connectivity index (χ1n) is 14.2. The molecule has 1 aromatic carbocycles. The fourth-order valence-corrected chi connectivity index (χ4v) is 6.04. The smallest absolute Gasteiger partial charge is 0.291 e. The van der Waals surface area contributed by atoms with E-state index < -0.39 is 23.5 Å². The van der Waals surface area contributed by atoms with E-state index in [2.05, 4.69) is 15.6 Å². The second-order valence-electron chi connectivity index (χ2n) is 11.1. The molecule has 2 N–H and O–H groups in total. The lowest BCUT2D eigenvalue weighted by Gasteiger charge is -2.37. The van der Waals surface area contributed by atoms with Gasteiger partial charge in [0.2, 0.25) is 5.91 Å². The molecule has 230 valence electrons. The average molecular weight is 617 g/mol. The summed E-state index contributed by atoms with van der Waals surface area (Å²) in [7, 11) is 2.82. The van der Waals surface area contributed by atoms with Gasteiger partial charge in [0.1, 0.15) is 11.9 Å². The number of alkyl halides is 1. The maximum Gasteiger partial charge on any atom is 0.291 e. The van der Waals surface area contributed by atoms with Crippen LogP contribution in [0.2, 0.25) is 5.02 Å². The third kappa shape index (κ3) is 6.09. The molecule has 2 aliphatic heterocycles. The highest BCUT2D eigenvalue weighted by molar-refractivity contribution is 6.34. The van der Waals surface area contributed by atoms with Gasteiger partial charge in [-0.15, -0.1) is 0 Å². The summed E-state index contributed by atoms with van der Waals surface area (Å²) in [5, 5.41) is 6.12. The van der Waals surface area contributed by atoms with Gasteiger partial charge >= 0.3 is 0 Å². The van der Waals surface area contributed by atoms with Crippen LogP contribution in [-0.4, -0.2) is 95.2 Å². The van der Waals surface area contributed by atoms with Crippen LogP contribution in [0.3, 0.4) is 0 Å². The third-order valence-electron chi connectivity index (χ3n) is 8.38. The molecule has 0 bridgehead atoms. The van der Waals surface area contributed by atoms with E-state index in [1.54, 1.807) is 11.0 Å². The summed E-state index contributed by atoms with van der Waals surface area (Å²) in [5.74, 6) is -1.71. The first-order valence-corrected chi connectivity index (χ1v) is 14.6. The minimum absolute atomic E-state index is 0.0326. The number of anilines is 1. The van der Waals surface area contributed by atoms with Gasteiger partial charge in [-0.1, -0.05) is 23.8 Å². The molecule has 3 aliphatic rings. The standard InChI is InChI=1S/C30H35ClF2N6O4/c1-30(33)24(43-3)7-6-21(25(30)32)23-17-35-26(37(23)2)27(40)36-19-4-5-20(22(31)16-19)29(42)39-14-12-38(13-15-39)28(41)18-8-10-34-11-9-18/h4-7,16-18,24,34H,8-15H2,1-3H3,(H,36,40). The molecule has 2 saturated heterocycles. The maximum absolute atomic E-state index is 15.1. The number of ether oxygens (including phenoxy) is 1. The Hall–Kier alpha value is -3.61. The second-order valence-corrected chi connectivity index (χ2v) is 11.5. The number of benzene rings is 1. The van der Waals surface area contributed by atoms with Crippen molar-refractivity contribution in [3.05, 3.63) is 64.5 Å². The number of methoxy groups -OCH3 is 1. The molecule has 2 unspecified atom stereocenters. The lowest BCUT2D eigenvalue weighted by molar-refractivity contribution is -0.137. The second kappa shape index (κ2) is 12.6. The topological polar surface area (TPSA) is 109 Å². The van der Waals surface area contributed by atoms with Crippen molar-refractivity contribution in [3.63, 3.8) is 0 Å². The zero-order chi connectivity index (χ0) is 30.9. The number of imidazole rings is 1. The van der Waals surface area contributed by atoms with Crippen molar-refractivity contribution < 1.29 is 27.9 Å². The highest BCUT2D eigenvalue weighted by Gasteiger charge is 2.42. The molecule has 43 heavy (non-hydrogen) atoms. The van der Waals surface area contributed by atoms with Crippen molar-refractivity contribution >= 4 is 40.6 Å². The number of piperidine rings is 1. The number of allylic oxidation sites excluding steroid dienone is 2. The normalized spacial score (nSPS) is 23.1. The fourth-order valence-electron chi connectivity index (χ4n) is 5.77. The summed E-state index contributed by atoms with van der Waals surface area (Å²) in [6, 6.07) is 4.57. The molecule has 3 heterocycles. The van der Waals surface area contributed by atoms with E-state index in [0.717, 1.165) is 32.9 Å². The monoisotopic (exact) mass is 616 g/mol. The molecule has 1 aromatic heterocycles. The Morgan fingerprint density at radius 3 is 2.47 bits per heavy atom. The molecule has 1 aliphatic carbocycles. The number of aromatic nitrogens is 2. The van der Waals surface area contributed by atoms with Gasteiger partial charge in [0.05, 0.1) is 22.5 Å². The van der Waals surface area contributed by atoms with Gasteiger partial charge in [0, 0.05) is 57.5 Å². The largest absolute Gasteiger partial charge is 0.374 e. The molecular weight excluding hydrogens is 582 g/mol. The Morgan fingerprint density at radius 1 is 1.14 bits per heavy atom. The highest BCUT2D eigenvalue weighted by Crippen LogP contribution is 2.39. The van der Waals surface area contributed by atoms with Crippen molar-refractivity contribution in [2.75, 3.05) is 51.7 Å². The summed E-state index contributed by atoms with van der Waals surface area (Å²) in [6.07, 6.45) is 4.71. The van der Waals surface area contributed by atoms with E-state index in [1.807, 2.05) is 4.90 Å². The number of amides is 3. The number of carbonyl (C=O) groups excluding carboxylic acids is 3. The van der Waals surface area contributed by atoms with E-state index in [1.165, 1.54) is 49.2 Å². The molecule has 2 fully saturated rings. The number of hydrogen-bond donors (Lipinski definition) is 2. The van der Waals surface area contributed by atoms with Crippen molar-refractivity contribution in [2.24, 2.45) is 13.0 Å². The average Bonchev–Trinajstić information content (AvgIpc) is 3.39. The van der Waals surface area contributed by atoms with Crippen molar-refractivity contribution in [1.82, 2.24) is 24.7 Å². The van der Waals surface area contributed by atoms with Crippen LogP contribution in [0.4, 0.5) is 14.5 Å². The summed E-state index contributed by atoms with van der Waals surface area (Å²) < 4.78 is 36.5. The predicted octanol–water partition coefficient (Wildman–Crippen LogP) is 3.60. The van der Waals surface area contributed by atoms with E-state index in [0.29, 0.717) is 31.9 Å². The molecule has 0 spiro atoms. The molecule has 2 atom stereocenters. The molecule has 0 radical (unpaired) electrons. The Kier molecular flexibility index (Phi) is 9.00. The third-order valence-corrected chi connectivity index (χ3v) is 8.70. The summed E-state index contributed by atoms with van der Waals surface area (Å²) in [5.41, 5.74) is -1.58. The SMILES string of the molecule is COC1C=CC(c2cnc(C(=O)Nc3ccc(C(=O)N4CCN(C(=O)C5CCNCC5)CC4)c(Cl)c3)n2C)=C(F)C1(C)F. The number of halogens is 3. The fraction of sp³-hybridized carbons (Fsp3) is 0.467. The number of nitrogens with one attached hydrogen (secondary N) is 2. The number of carbonyl (C=O) groups is 3. The van der Waals surface area contributed by atoms with E-state index in [9.17, 15) is 14.4 Å². The molecule has 2 aromatic rings. The number of piperazine rings is 1. The van der Waals surface area contributed by atoms with E-state index in [-0.39, 0.29) is 45.4 Å². The quantitative estimate of drug-likeness (QED) is 0.514. The molecule has 5 rings (SSSR count). The van der Waals surface area contributed by atoms with Crippen LogP contribution in [0.15, 0.2) is 42.4 Å². The van der Waals surface area contributed by atoms with Crippen LogP contribution in [0.5, 0.6) is 0 Å². The Labute approximate surface area is 253 Å².